The second-order valence-electron chi connectivity index (χ2n) is 5.53. The summed E-state index contributed by atoms with van der Waals surface area (Å²) in [6, 6.07) is 14.7. The highest BCUT2D eigenvalue weighted by molar-refractivity contribution is 9.10. The summed E-state index contributed by atoms with van der Waals surface area (Å²) in [5.41, 5.74) is 2.34. The van der Waals surface area contributed by atoms with E-state index in [1.807, 2.05) is 50.2 Å². The molecule has 2 amide bonds. The minimum absolute atomic E-state index is 0.0132. The Morgan fingerprint density at radius 2 is 1.78 bits per heavy atom. The average molecular weight is 375 g/mol. The standard InChI is InChI=1S/C18H19BrN2O2/c1-12(2)17(22)21-16-8-6-13(7-9-16)11-20-18(23)14-4-3-5-15(19)10-14/h3-10,12H,11H2,1-2H3,(H,20,23)(H,21,22). The van der Waals surface area contributed by atoms with Crippen molar-refractivity contribution in [3.8, 4) is 0 Å². The first-order valence-corrected chi connectivity index (χ1v) is 8.18. The lowest BCUT2D eigenvalue weighted by atomic mass is 10.1. The van der Waals surface area contributed by atoms with E-state index in [1.54, 1.807) is 12.1 Å². The molecule has 0 radical (unpaired) electrons. The van der Waals surface area contributed by atoms with E-state index in [0.717, 1.165) is 15.7 Å². The number of nitrogens with one attached hydrogen (secondary N) is 2. The first-order valence-electron chi connectivity index (χ1n) is 7.39. The van der Waals surface area contributed by atoms with Crippen molar-refractivity contribution in [2.24, 2.45) is 5.92 Å². The Hall–Kier alpha value is -2.14. The molecule has 2 rings (SSSR count). The van der Waals surface area contributed by atoms with Crippen LogP contribution >= 0.6 is 15.9 Å². The van der Waals surface area contributed by atoms with Crippen molar-refractivity contribution in [1.29, 1.82) is 0 Å². The van der Waals surface area contributed by atoms with Crippen LogP contribution in [-0.4, -0.2) is 11.8 Å². The molecule has 5 heteroatoms. The van der Waals surface area contributed by atoms with E-state index < -0.39 is 0 Å². The maximum absolute atomic E-state index is 12.1. The largest absolute Gasteiger partial charge is 0.348 e. The van der Waals surface area contributed by atoms with E-state index >= 15 is 0 Å². The monoisotopic (exact) mass is 374 g/mol. The maximum Gasteiger partial charge on any atom is 0.251 e. The van der Waals surface area contributed by atoms with Gasteiger partial charge >= 0.3 is 0 Å². The molecule has 0 unspecified atom stereocenters. The third-order valence-electron chi connectivity index (χ3n) is 3.29. The highest BCUT2D eigenvalue weighted by atomic mass is 79.9. The minimum Gasteiger partial charge on any atom is -0.348 e. The van der Waals surface area contributed by atoms with E-state index in [2.05, 4.69) is 26.6 Å². The summed E-state index contributed by atoms with van der Waals surface area (Å²) in [4.78, 5) is 23.7. The fourth-order valence-electron chi connectivity index (χ4n) is 1.91. The maximum atomic E-state index is 12.1. The number of carbonyl (C=O) groups is 2. The van der Waals surface area contributed by atoms with Crippen LogP contribution in [0.3, 0.4) is 0 Å². The topological polar surface area (TPSA) is 58.2 Å². The van der Waals surface area contributed by atoms with Crippen LogP contribution in [0.5, 0.6) is 0 Å². The molecule has 0 atom stereocenters. The van der Waals surface area contributed by atoms with Crippen LogP contribution in [0, 0.1) is 5.92 Å². The van der Waals surface area contributed by atoms with Gasteiger partial charge in [-0.05, 0) is 35.9 Å². The molecule has 23 heavy (non-hydrogen) atoms. The number of rotatable bonds is 5. The molecule has 0 bridgehead atoms. The number of hydrogen-bond donors (Lipinski definition) is 2. The van der Waals surface area contributed by atoms with E-state index in [0.29, 0.717) is 12.1 Å². The number of benzene rings is 2. The molecule has 0 saturated carbocycles. The lowest BCUT2D eigenvalue weighted by Gasteiger charge is -2.09. The van der Waals surface area contributed by atoms with Crippen molar-refractivity contribution in [2.75, 3.05) is 5.32 Å². The number of halogens is 1. The Kier molecular flexibility index (Phi) is 5.93. The molecule has 120 valence electrons. The predicted octanol–water partition coefficient (Wildman–Crippen LogP) is 3.97. The molecule has 0 fully saturated rings. The average Bonchev–Trinajstić information content (AvgIpc) is 2.53. The van der Waals surface area contributed by atoms with Gasteiger partial charge < -0.3 is 10.6 Å². The van der Waals surface area contributed by atoms with E-state index in [-0.39, 0.29) is 17.7 Å². The molecule has 2 aromatic rings. The summed E-state index contributed by atoms with van der Waals surface area (Å²) >= 11 is 3.35. The van der Waals surface area contributed by atoms with Gasteiger partial charge in [-0.3, -0.25) is 9.59 Å². The van der Waals surface area contributed by atoms with Crippen molar-refractivity contribution in [3.05, 3.63) is 64.1 Å². The lowest BCUT2D eigenvalue weighted by molar-refractivity contribution is -0.118. The molecule has 0 aliphatic carbocycles. The smallest absolute Gasteiger partial charge is 0.251 e. The van der Waals surface area contributed by atoms with Gasteiger partial charge in [-0.1, -0.05) is 48.0 Å². The van der Waals surface area contributed by atoms with Crippen LogP contribution in [-0.2, 0) is 11.3 Å². The van der Waals surface area contributed by atoms with Gasteiger partial charge in [0.25, 0.3) is 5.91 Å². The fourth-order valence-corrected chi connectivity index (χ4v) is 2.31. The van der Waals surface area contributed by atoms with Crippen LogP contribution in [0.4, 0.5) is 5.69 Å². The molecule has 2 N–H and O–H groups in total. The SMILES string of the molecule is CC(C)C(=O)Nc1ccc(CNC(=O)c2cccc(Br)c2)cc1. The van der Waals surface area contributed by atoms with Crippen molar-refractivity contribution in [3.63, 3.8) is 0 Å². The zero-order valence-corrected chi connectivity index (χ0v) is 14.7. The molecule has 0 spiro atoms. The predicted molar refractivity (Wildman–Crippen MR) is 95.2 cm³/mol. The molecule has 0 aromatic heterocycles. The van der Waals surface area contributed by atoms with Gasteiger partial charge in [0, 0.05) is 28.2 Å². The lowest BCUT2D eigenvalue weighted by Crippen LogP contribution is -2.22. The van der Waals surface area contributed by atoms with Gasteiger partial charge in [-0.15, -0.1) is 0 Å². The molecule has 2 aromatic carbocycles. The fraction of sp³-hybridized carbons (Fsp3) is 0.222. The van der Waals surface area contributed by atoms with E-state index in [1.165, 1.54) is 0 Å². The molecule has 0 saturated heterocycles. The van der Waals surface area contributed by atoms with Crippen molar-refractivity contribution in [2.45, 2.75) is 20.4 Å². The number of amides is 2. The quantitative estimate of drug-likeness (QED) is 0.831. The van der Waals surface area contributed by atoms with Crippen LogP contribution in [0.15, 0.2) is 53.0 Å². The zero-order chi connectivity index (χ0) is 16.8. The molecule has 0 aliphatic rings. The third kappa shape index (κ3) is 5.21. The summed E-state index contributed by atoms with van der Waals surface area (Å²) in [7, 11) is 0. The van der Waals surface area contributed by atoms with Crippen molar-refractivity contribution >= 4 is 33.4 Å². The molecule has 0 heterocycles. The zero-order valence-electron chi connectivity index (χ0n) is 13.1. The second kappa shape index (κ2) is 7.92. The normalized spacial score (nSPS) is 10.4. The van der Waals surface area contributed by atoms with Crippen LogP contribution in [0.1, 0.15) is 29.8 Å². The number of anilines is 1. The first kappa shape index (κ1) is 17.2. The van der Waals surface area contributed by atoms with Gasteiger partial charge in [0.15, 0.2) is 0 Å². The summed E-state index contributed by atoms with van der Waals surface area (Å²) < 4.78 is 0.871. The van der Waals surface area contributed by atoms with Crippen molar-refractivity contribution in [1.82, 2.24) is 5.32 Å². The Morgan fingerprint density at radius 1 is 1.09 bits per heavy atom. The molecular formula is C18H19BrN2O2. The second-order valence-corrected chi connectivity index (χ2v) is 6.45. The summed E-state index contributed by atoms with van der Waals surface area (Å²) in [6.07, 6.45) is 0. The Morgan fingerprint density at radius 3 is 2.39 bits per heavy atom. The van der Waals surface area contributed by atoms with Crippen LogP contribution < -0.4 is 10.6 Å². The first-order chi connectivity index (χ1) is 11.0. The van der Waals surface area contributed by atoms with Gasteiger partial charge in [0.05, 0.1) is 0 Å². The van der Waals surface area contributed by atoms with Gasteiger partial charge in [0.1, 0.15) is 0 Å². The highest BCUT2D eigenvalue weighted by Gasteiger charge is 2.08. The van der Waals surface area contributed by atoms with E-state index in [4.69, 9.17) is 0 Å². The Labute approximate surface area is 144 Å². The van der Waals surface area contributed by atoms with Gasteiger partial charge in [-0.2, -0.15) is 0 Å². The third-order valence-corrected chi connectivity index (χ3v) is 3.78. The Bertz CT molecular complexity index is 696. The highest BCUT2D eigenvalue weighted by Crippen LogP contribution is 2.13. The van der Waals surface area contributed by atoms with Crippen LogP contribution in [0.25, 0.3) is 0 Å². The molecule has 0 aliphatic heterocycles. The van der Waals surface area contributed by atoms with Gasteiger partial charge in [-0.25, -0.2) is 0 Å². The number of carbonyl (C=O) groups excluding carboxylic acids is 2. The Balaban J connectivity index is 1.91. The minimum atomic E-state index is -0.122. The summed E-state index contributed by atoms with van der Waals surface area (Å²) in [6.45, 7) is 4.13. The van der Waals surface area contributed by atoms with Crippen molar-refractivity contribution < 1.29 is 9.59 Å². The number of hydrogen-bond acceptors (Lipinski definition) is 2. The van der Waals surface area contributed by atoms with Gasteiger partial charge in [0.2, 0.25) is 5.91 Å². The molecule has 4 nitrogen and oxygen atoms in total. The van der Waals surface area contributed by atoms with Crippen LogP contribution in [0.2, 0.25) is 0 Å². The van der Waals surface area contributed by atoms with E-state index in [9.17, 15) is 9.59 Å². The summed E-state index contributed by atoms with van der Waals surface area (Å²) in [5.74, 6) is -0.191. The summed E-state index contributed by atoms with van der Waals surface area (Å²) in [5, 5.41) is 5.71. The molecular weight excluding hydrogens is 356 g/mol.